The van der Waals surface area contributed by atoms with Crippen LogP contribution in [0.5, 0.6) is 0 Å². The number of hydrogen-bond donors (Lipinski definition) is 1. The number of hydrogen-bond acceptors (Lipinski definition) is 5. The number of nitrogens with zero attached hydrogens (tertiary/aromatic N) is 3. The highest BCUT2D eigenvalue weighted by Gasteiger charge is 2.50. The van der Waals surface area contributed by atoms with E-state index in [0.717, 1.165) is 44.8 Å². The van der Waals surface area contributed by atoms with Gasteiger partial charge in [-0.1, -0.05) is 30.3 Å². The van der Waals surface area contributed by atoms with E-state index in [0.29, 0.717) is 13.1 Å². The lowest BCUT2D eigenvalue weighted by Gasteiger charge is -2.30. The number of amides is 1. The Morgan fingerprint density at radius 2 is 1.81 bits per heavy atom. The normalized spacial score (nSPS) is 29.8. The third-order valence-electron chi connectivity index (χ3n) is 6.09. The first-order valence-corrected chi connectivity index (χ1v) is 11.5. The van der Waals surface area contributed by atoms with Crippen molar-refractivity contribution >= 4 is 15.9 Å². The van der Waals surface area contributed by atoms with Gasteiger partial charge in [-0.2, -0.15) is 4.31 Å². The molecule has 0 radical (unpaired) electrons. The molecule has 3 aliphatic rings. The smallest absolute Gasteiger partial charge is 0.236 e. The van der Waals surface area contributed by atoms with Crippen LogP contribution < -0.4 is 5.32 Å². The standard InChI is InChI=1S/C19H28N4O3S/c1-27(25,26)23-12-16-11-21(14-18(24)22-9-7-20-8-10-22)13-17(16)19(23)15-5-3-2-4-6-15/h2-6,16-17,19-20H,7-14H2,1H3/t16-,17-,19+/m1/s1. The fraction of sp³-hybridized carbons (Fsp3) is 0.632. The van der Waals surface area contributed by atoms with Crippen molar-refractivity contribution in [3.63, 3.8) is 0 Å². The van der Waals surface area contributed by atoms with Crippen LogP contribution in [0.2, 0.25) is 0 Å². The van der Waals surface area contributed by atoms with Gasteiger partial charge in [-0.3, -0.25) is 9.69 Å². The predicted molar refractivity (Wildman–Crippen MR) is 104 cm³/mol. The summed E-state index contributed by atoms with van der Waals surface area (Å²) in [5.74, 6) is 0.700. The number of fused-ring (bicyclic) bond motifs is 1. The van der Waals surface area contributed by atoms with E-state index in [1.54, 1.807) is 4.31 Å². The van der Waals surface area contributed by atoms with Crippen LogP contribution in [0.15, 0.2) is 30.3 Å². The molecule has 0 saturated carbocycles. The van der Waals surface area contributed by atoms with E-state index >= 15 is 0 Å². The van der Waals surface area contributed by atoms with Gasteiger partial charge < -0.3 is 10.2 Å². The number of carbonyl (C=O) groups excluding carboxylic acids is 1. The zero-order valence-electron chi connectivity index (χ0n) is 15.8. The molecular weight excluding hydrogens is 364 g/mol. The van der Waals surface area contributed by atoms with Crippen LogP contribution in [0.3, 0.4) is 0 Å². The number of sulfonamides is 1. The fourth-order valence-corrected chi connectivity index (χ4v) is 5.99. The largest absolute Gasteiger partial charge is 0.339 e. The molecule has 0 aromatic heterocycles. The Kier molecular flexibility index (Phi) is 5.24. The van der Waals surface area contributed by atoms with Crippen molar-refractivity contribution < 1.29 is 13.2 Å². The van der Waals surface area contributed by atoms with E-state index in [2.05, 4.69) is 10.2 Å². The topological polar surface area (TPSA) is 73.0 Å². The summed E-state index contributed by atoms with van der Waals surface area (Å²) in [6.07, 6.45) is 1.30. The van der Waals surface area contributed by atoms with Crippen LogP contribution in [-0.4, -0.2) is 87.0 Å². The molecule has 1 aromatic rings. The molecule has 3 aliphatic heterocycles. The highest BCUT2D eigenvalue weighted by Crippen LogP contribution is 2.45. The molecule has 3 saturated heterocycles. The summed E-state index contributed by atoms with van der Waals surface area (Å²) < 4.78 is 26.4. The van der Waals surface area contributed by atoms with E-state index in [1.807, 2.05) is 35.2 Å². The first-order valence-electron chi connectivity index (χ1n) is 9.66. The maximum absolute atomic E-state index is 12.6. The Balaban J connectivity index is 1.48. The monoisotopic (exact) mass is 392 g/mol. The van der Waals surface area contributed by atoms with Crippen LogP contribution in [0.1, 0.15) is 11.6 Å². The number of piperazine rings is 1. The molecule has 0 spiro atoms. The SMILES string of the molecule is CS(=O)(=O)N1C[C@H]2CN(CC(=O)N3CCNCC3)C[C@H]2[C@@H]1c1ccccc1. The van der Waals surface area contributed by atoms with E-state index in [9.17, 15) is 13.2 Å². The third kappa shape index (κ3) is 3.89. The van der Waals surface area contributed by atoms with E-state index in [-0.39, 0.29) is 23.8 Å². The average molecular weight is 393 g/mol. The van der Waals surface area contributed by atoms with Gasteiger partial charge in [0.25, 0.3) is 0 Å². The second kappa shape index (κ2) is 7.50. The summed E-state index contributed by atoms with van der Waals surface area (Å²) >= 11 is 0. The van der Waals surface area contributed by atoms with Gasteiger partial charge in [-0.15, -0.1) is 0 Å². The van der Waals surface area contributed by atoms with Crippen molar-refractivity contribution in [1.29, 1.82) is 0 Å². The first kappa shape index (κ1) is 18.9. The highest BCUT2D eigenvalue weighted by atomic mass is 32.2. The van der Waals surface area contributed by atoms with Crippen LogP contribution >= 0.6 is 0 Å². The van der Waals surface area contributed by atoms with Crippen molar-refractivity contribution in [3.05, 3.63) is 35.9 Å². The van der Waals surface area contributed by atoms with Gasteiger partial charge in [-0.25, -0.2) is 8.42 Å². The van der Waals surface area contributed by atoms with Crippen molar-refractivity contribution in [2.45, 2.75) is 6.04 Å². The average Bonchev–Trinajstić information content (AvgIpc) is 3.20. The zero-order valence-corrected chi connectivity index (χ0v) is 16.6. The van der Waals surface area contributed by atoms with Crippen molar-refractivity contribution in [2.75, 3.05) is 58.6 Å². The van der Waals surface area contributed by atoms with E-state index in [1.165, 1.54) is 6.26 Å². The molecule has 7 nitrogen and oxygen atoms in total. The molecule has 148 valence electrons. The lowest BCUT2D eigenvalue weighted by atomic mass is 9.90. The quantitative estimate of drug-likeness (QED) is 0.780. The second-order valence-corrected chi connectivity index (χ2v) is 9.87. The Bertz CT molecular complexity index is 779. The molecule has 1 aromatic carbocycles. The van der Waals surface area contributed by atoms with Crippen molar-refractivity contribution in [1.82, 2.24) is 19.4 Å². The minimum absolute atomic E-state index is 0.134. The van der Waals surface area contributed by atoms with Crippen LogP contribution in [0.25, 0.3) is 0 Å². The van der Waals surface area contributed by atoms with Crippen LogP contribution in [0, 0.1) is 11.8 Å². The lowest BCUT2D eigenvalue weighted by molar-refractivity contribution is -0.132. The lowest BCUT2D eigenvalue weighted by Crippen LogP contribution is -2.49. The molecule has 3 heterocycles. The summed E-state index contributed by atoms with van der Waals surface area (Å²) in [7, 11) is -3.27. The van der Waals surface area contributed by atoms with Gasteiger partial charge in [0, 0.05) is 45.8 Å². The van der Waals surface area contributed by atoms with Gasteiger partial charge in [0.15, 0.2) is 0 Å². The number of nitrogens with one attached hydrogen (secondary N) is 1. The number of rotatable bonds is 4. The molecular formula is C19H28N4O3S. The summed E-state index contributed by atoms with van der Waals surface area (Å²) in [6.45, 7) is 5.80. The Hall–Kier alpha value is -1.48. The van der Waals surface area contributed by atoms with Gasteiger partial charge in [0.2, 0.25) is 15.9 Å². The third-order valence-corrected chi connectivity index (χ3v) is 7.32. The number of carbonyl (C=O) groups is 1. The maximum Gasteiger partial charge on any atom is 0.236 e. The predicted octanol–water partition coefficient (Wildman–Crippen LogP) is -0.0173. The molecule has 4 rings (SSSR count). The minimum Gasteiger partial charge on any atom is -0.339 e. The molecule has 27 heavy (non-hydrogen) atoms. The maximum atomic E-state index is 12.6. The molecule has 3 atom stereocenters. The van der Waals surface area contributed by atoms with E-state index < -0.39 is 10.0 Å². The molecule has 0 bridgehead atoms. The molecule has 1 amide bonds. The second-order valence-electron chi connectivity index (χ2n) is 7.94. The summed E-state index contributed by atoms with van der Waals surface area (Å²) in [5, 5.41) is 3.27. The van der Waals surface area contributed by atoms with Crippen LogP contribution in [0.4, 0.5) is 0 Å². The van der Waals surface area contributed by atoms with Crippen molar-refractivity contribution in [2.24, 2.45) is 11.8 Å². The van der Waals surface area contributed by atoms with Crippen molar-refractivity contribution in [3.8, 4) is 0 Å². The van der Waals surface area contributed by atoms with Crippen LogP contribution in [-0.2, 0) is 14.8 Å². The van der Waals surface area contributed by atoms with Gasteiger partial charge in [-0.05, 0) is 17.4 Å². The summed E-state index contributed by atoms with van der Waals surface area (Å²) in [4.78, 5) is 16.7. The Morgan fingerprint density at radius 3 is 2.48 bits per heavy atom. The molecule has 0 unspecified atom stereocenters. The number of likely N-dealkylation sites (tertiary alicyclic amines) is 1. The van der Waals surface area contributed by atoms with Gasteiger partial charge >= 0.3 is 0 Å². The summed E-state index contributed by atoms with van der Waals surface area (Å²) in [6, 6.07) is 9.77. The molecule has 1 N–H and O–H groups in total. The highest BCUT2D eigenvalue weighted by molar-refractivity contribution is 7.88. The minimum atomic E-state index is -3.27. The summed E-state index contributed by atoms with van der Waals surface area (Å²) in [5.41, 5.74) is 1.05. The zero-order chi connectivity index (χ0) is 19.0. The molecule has 8 heteroatoms. The molecule has 3 fully saturated rings. The molecule has 0 aliphatic carbocycles. The Morgan fingerprint density at radius 1 is 1.11 bits per heavy atom. The van der Waals surface area contributed by atoms with Gasteiger partial charge in [0.05, 0.1) is 18.8 Å². The first-order chi connectivity index (χ1) is 12.9. The fourth-order valence-electron chi connectivity index (χ4n) is 4.84. The van der Waals surface area contributed by atoms with E-state index in [4.69, 9.17) is 0 Å². The number of benzene rings is 1. The van der Waals surface area contributed by atoms with Gasteiger partial charge in [0.1, 0.15) is 0 Å². The Labute approximate surface area is 161 Å².